The molecule has 2 heterocycles. The molecule has 0 saturated heterocycles. The predicted molar refractivity (Wildman–Crippen MR) is 122 cm³/mol. The number of aliphatic carboxylic acids is 1. The first kappa shape index (κ1) is 21.8. The Morgan fingerprint density at radius 1 is 1.03 bits per heavy atom. The fourth-order valence-electron chi connectivity index (χ4n) is 3.61. The summed E-state index contributed by atoms with van der Waals surface area (Å²) in [5.74, 6) is -2.06. The van der Waals surface area contributed by atoms with Crippen molar-refractivity contribution in [1.29, 1.82) is 0 Å². The van der Waals surface area contributed by atoms with Crippen molar-refractivity contribution in [3.8, 4) is 5.75 Å². The lowest BCUT2D eigenvalue weighted by Crippen LogP contribution is -2.28. The predicted octanol–water partition coefficient (Wildman–Crippen LogP) is 3.76. The fourth-order valence-corrected chi connectivity index (χ4v) is 3.61. The molecule has 4 aromatic rings. The zero-order chi connectivity index (χ0) is 23.2. The van der Waals surface area contributed by atoms with Crippen molar-refractivity contribution < 1.29 is 24.2 Å². The van der Waals surface area contributed by atoms with Crippen LogP contribution in [0.2, 0.25) is 0 Å². The summed E-state index contributed by atoms with van der Waals surface area (Å²) in [6.45, 7) is -0.427. The second-order valence-electron chi connectivity index (χ2n) is 7.39. The molecule has 0 aliphatic rings. The number of anilines is 1. The second-order valence-corrected chi connectivity index (χ2v) is 7.39. The highest BCUT2D eigenvalue weighted by Crippen LogP contribution is 2.34. The van der Waals surface area contributed by atoms with Gasteiger partial charge in [-0.2, -0.15) is 0 Å². The van der Waals surface area contributed by atoms with E-state index in [9.17, 15) is 19.5 Å². The van der Waals surface area contributed by atoms with Crippen LogP contribution in [0.5, 0.6) is 5.75 Å². The zero-order valence-electron chi connectivity index (χ0n) is 17.5. The molecule has 0 aliphatic heterocycles. The van der Waals surface area contributed by atoms with E-state index in [4.69, 9.17) is 4.74 Å². The van der Waals surface area contributed by atoms with Crippen LogP contribution >= 0.6 is 0 Å². The van der Waals surface area contributed by atoms with Crippen LogP contribution in [0.1, 0.15) is 23.5 Å². The molecule has 3 N–H and O–H groups in total. The summed E-state index contributed by atoms with van der Waals surface area (Å²) in [6, 6.07) is 19.7. The number of ketones is 1. The Labute approximate surface area is 189 Å². The number of carbonyl (C=O) groups is 3. The molecule has 1 amide bonds. The maximum atomic E-state index is 12.1. The Bertz CT molecular complexity index is 1290. The van der Waals surface area contributed by atoms with Crippen molar-refractivity contribution in [2.24, 2.45) is 0 Å². The number of H-pyrrole nitrogens is 1. The van der Waals surface area contributed by atoms with Crippen LogP contribution in [0.3, 0.4) is 0 Å². The van der Waals surface area contributed by atoms with Crippen LogP contribution in [-0.4, -0.2) is 39.3 Å². The van der Waals surface area contributed by atoms with E-state index in [0.29, 0.717) is 5.75 Å². The number of amides is 1. The number of fused-ring (bicyclic) bond motifs is 1. The van der Waals surface area contributed by atoms with Crippen molar-refractivity contribution in [1.82, 2.24) is 9.97 Å². The average molecular weight is 443 g/mol. The summed E-state index contributed by atoms with van der Waals surface area (Å²) in [6.07, 6.45) is 3.25. The molecule has 4 rings (SSSR count). The molecule has 0 spiro atoms. The summed E-state index contributed by atoms with van der Waals surface area (Å²) in [4.78, 5) is 42.7. The van der Waals surface area contributed by atoms with Gasteiger partial charge in [0.05, 0.1) is 6.42 Å². The van der Waals surface area contributed by atoms with Gasteiger partial charge in [-0.25, -0.2) is 4.98 Å². The maximum absolute atomic E-state index is 12.1. The first-order chi connectivity index (χ1) is 16.0. The zero-order valence-corrected chi connectivity index (χ0v) is 17.5. The Balaban J connectivity index is 1.47. The van der Waals surface area contributed by atoms with Crippen LogP contribution in [0.25, 0.3) is 10.9 Å². The quantitative estimate of drug-likeness (QED) is 0.339. The summed E-state index contributed by atoms with van der Waals surface area (Å²) in [5, 5.41) is 12.7. The Kier molecular flexibility index (Phi) is 6.45. The lowest BCUT2D eigenvalue weighted by molar-refractivity contribution is -0.137. The molecule has 2 aromatic carbocycles. The van der Waals surface area contributed by atoms with Gasteiger partial charge in [0.2, 0.25) is 0 Å². The van der Waals surface area contributed by atoms with Gasteiger partial charge in [0.15, 0.2) is 6.61 Å². The van der Waals surface area contributed by atoms with Gasteiger partial charge < -0.3 is 20.1 Å². The minimum Gasteiger partial charge on any atom is -0.485 e. The highest BCUT2D eigenvalue weighted by molar-refractivity contribution is 6.41. The number of ether oxygens (including phenoxy) is 1. The van der Waals surface area contributed by atoms with Crippen molar-refractivity contribution in [3.63, 3.8) is 0 Å². The number of carbonyl (C=O) groups excluding carboxylic acids is 2. The standard InChI is InChI=1S/C25H21N3O5/c29-22(25(32)28-23-8-4-5-11-26-23)15-33-17-9-10-18-20(14-27-21(18)12-17)19(13-24(30)31)16-6-2-1-3-7-16/h1-12,14,19,27H,13,15H2,(H,30,31)(H,26,28,32). The third-order valence-electron chi connectivity index (χ3n) is 5.17. The third-order valence-corrected chi connectivity index (χ3v) is 5.17. The highest BCUT2D eigenvalue weighted by Gasteiger charge is 2.21. The molecule has 1 atom stereocenters. The van der Waals surface area contributed by atoms with Crippen LogP contribution in [0, 0.1) is 0 Å². The molecule has 8 heteroatoms. The van der Waals surface area contributed by atoms with Crippen LogP contribution < -0.4 is 10.1 Å². The van der Waals surface area contributed by atoms with E-state index < -0.39 is 24.3 Å². The van der Waals surface area contributed by atoms with E-state index in [-0.39, 0.29) is 18.2 Å². The van der Waals surface area contributed by atoms with Crippen LogP contribution in [-0.2, 0) is 14.4 Å². The molecule has 0 radical (unpaired) electrons. The second kappa shape index (κ2) is 9.78. The monoisotopic (exact) mass is 443 g/mol. The first-order valence-corrected chi connectivity index (χ1v) is 10.3. The number of hydrogen-bond acceptors (Lipinski definition) is 5. The number of nitrogens with one attached hydrogen (secondary N) is 2. The highest BCUT2D eigenvalue weighted by atomic mass is 16.5. The van der Waals surface area contributed by atoms with E-state index in [1.807, 2.05) is 36.4 Å². The number of nitrogens with zero attached hydrogens (tertiary/aromatic N) is 1. The van der Waals surface area contributed by atoms with Gasteiger partial charge in [0, 0.05) is 35.3 Å². The van der Waals surface area contributed by atoms with E-state index in [1.54, 1.807) is 36.5 Å². The Hall–Kier alpha value is -4.46. The molecule has 0 saturated carbocycles. The Morgan fingerprint density at radius 2 is 1.82 bits per heavy atom. The van der Waals surface area contributed by atoms with Gasteiger partial charge in [-0.15, -0.1) is 0 Å². The molecular weight excluding hydrogens is 422 g/mol. The molecule has 2 aromatic heterocycles. The lowest BCUT2D eigenvalue weighted by atomic mass is 9.88. The van der Waals surface area contributed by atoms with Gasteiger partial charge in [0.1, 0.15) is 11.6 Å². The van der Waals surface area contributed by atoms with E-state index in [1.165, 1.54) is 6.20 Å². The summed E-state index contributed by atoms with van der Waals surface area (Å²) < 4.78 is 5.51. The normalized spacial score (nSPS) is 11.6. The first-order valence-electron chi connectivity index (χ1n) is 10.3. The molecule has 8 nitrogen and oxygen atoms in total. The number of aromatic nitrogens is 2. The number of aromatic amines is 1. The minimum absolute atomic E-state index is 0.0465. The van der Waals surface area contributed by atoms with E-state index in [0.717, 1.165) is 22.0 Å². The average Bonchev–Trinajstić information content (AvgIpc) is 3.25. The SMILES string of the molecule is O=C(O)CC(c1ccccc1)c1c[nH]c2cc(OCC(=O)C(=O)Nc3ccccn3)ccc12. The summed E-state index contributed by atoms with van der Waals surface area (Å²) in [5.41, 5.74) is 2.50. The summed E-state index contributed by atoms with van der Waals surface area (Å²) >= 11 is 0. The molecule has 33 heavy (non-hydrogen) atoms. The number of carboxylic acids is 1. The number of benzene rings is 2. The van der Waals surface area contributed by atoms with Crippen molar-refractivity contribution in [3.05, 3.63) is 90.3 Å². The van der Waals surface area contributed by atoms with Crippen molar-refractivity contribution in [2.45, 2.75) is 12.3 Å². The van der Waals surface area contributed by atoms with Crippen molar-refractivity contribution >= 4 is 34.4 Å². The van der Waals surface area contributed by atoms with Gasteiger partial charge in [0.25, 0.3) is 11.7 Å². The van der Waals surface area contributed by atoms with E-state index >= 15 is 0 Å². The van der Waals surface area contributed by atoms with Crippen molar-refractivity contribution in [2.75, 3.05) is 11.9 Å². The van der Waals surface area contributed by atoms with Gasteiger partial charge >= 0.3 is 5.97 Å². The molecule has 0 bridgehead atoms. The number of carboxylic acid groups (broad SMARTS) is 1. The topological polar surface area (TPSA) is 121 Å². The number of Topliss-reactive ketones (excluding diaryl/α,β-unsaturated/α-hetero) is 1. The smallest absolute Gasteiger partial charge is 0.304 e. The lowest BCUT2D eigenvalue weighted by Gasteiger charge is -2.15. The number of rotatable bonds is 9. The molecule has 1 unspecified atom stereocenters. The Morgan fingerprint density at radius 3 is 2.55 bits per heavy atom. The molecule has 166 valence electrons. The maximum Gasteiger partial charge on any atom is 0.304 e. The van der Waals surface area contributed by atoms with Gasteiger partial charge in [-0.05, 0) is 35.4 Å². The fraction of sp³-hybridized carbons (Fsp3) is 0.120. The van der Waals surface area contributed by atoms with Crippen LogP contribution in [0.15, 0.2) is 79.1 Å². The number of pyridine rings is 1. The van der Waals surface area contributed by atoms with Crippen LogP contribution in [0.4, 0.5) is 5.82 Å². The minimum atomic E-state index is -0.888. The third kappa shape index (κ3) is 5.24. The van der Waals surface area contributed by atoms with E-state index in [2.05, 4.69) is 15.3 Å². The molecule has 0 aliphatic carbocycles. The molecule has 0 fully saturated rings. The largest absolute Gasteiger partial charge is 0.485 e. The van der Waals surface area contributed by atoms with Gasteiger partial charge in [-0.3, -0.25) is 14.4 Å². The molecular formula is C25H21N3O5. The van der Waals surface area contributed by atoms with Gasteiger partial charge in [-0.1, -0.05) is 36.4 Å². The number of hydrogen-bond donors (Lipinski definition) is 3. The summed E-state index contributed by atoms with van der Waals surface area (Å²) in [7, 11) is 0.